The van der Waals surface area contributed by atoms with Gasteiger partial charge in [0.25, 0.3) is 10.1 Å². The van der Waals surface area contributed by atoms with Crippen LogP contribution in [-0.2, 0) is 29.8 Å². The van der Waals surface area contributed by atoms with Crippen LogP contribution in [0, 0.1) is 0 Å². The summed E-state index contributed by atoms with van der Waals surface area (Å²) in [6.07, 6.45) is 0.389. The number of ether oxygens (including phenoxy) is 1. The van der Waals surface area contributed by atoms with Gasteiger partial charge in [0.05, 0.1) is 45.2 Å². The maximum absolute atomic E-state index is 12.5. The fraction of sp³-hybridized carbons (Fsp3) is 0.214. The molecule has 0 heterocycles. The first-order valence-corrected chi connectivity index (χ1v) is 18.0. The Morgan fingerprint density at radius 2 is 1.49 bits per heavy atom. The highest BCUT2D eigenvalue weighted by Crippen LogP contribution is 2.46. The van der Waals surface area contributed by atoms with Gasteiger partial charge >= 0.3 is 0 Å². The molecule has 0 saturated heterocycles. The summed E-state index contributed by atoms with van der Waals surface area (Å²) in [6, 6.07) is 13.3. The molecule has 0 aliphatic heterocycles. The van der Waals surface area contributed by atoms with E-state index in [1.807, 2.05) is 0 Å². The van der Waals surface area contributed by atoms with Crippen LogP contribution in [-0.4, -0.2) is 53.5 Å². The number of methoxy groups -OCH3 is 1. The van der Waals surface area contributed by atoms with Crippen molar-refractivity contribution in [2.75, 3.05) is 24.3 Å². The smallest absolute Gasteiger partial charge is 0.296 e. The van der Waals surface area contributed by atoms with Crippen LogP contribution in [0.15, 0.2) is 95.8 Å². The quantitative estimate of drug-likeness (QED) is 0.0927. The highest BCUT2D eigenvalue weighted by atomic mass is 32.2. The van der Waals surface area contributed by atoms with Gasteiger partial charge in [-0.2, -0.15) is 13.5 Å². The molecule has 14 nitrogen and oxygen atoms in total. The maximum Gasteiger partial charge on any atom is 0.296 e. The molecule has 0 aliphatic carbocycles. The number of aromatic hydroxyl groups is 1. The minimum absolute atomic E-state index is 0.00474. The van der Waals surface area contributed by atoms with Crippen molar-refractivity contribution < 1.29 is 39.6 Å². The van der Waals surface area contributed by atoms with Crippen LogP contribution in [0.3, 0.4) is 0 Å². The van der Waals surface area contributed by atoms with Gasteiger partial charge in [-0.05, 0) is 60.3 Å². The Morgan fingerprint density at radius 3 is 2.13 bits per heavy atom. The Kier molecular flexibility index (Phi) is 9.57. The molecule has 0 atom stereocenters. The Balaban J connectivity index is 1.85. The molecule has 17 heteroatoms. The Hall–Kier alpha value is -4.45. The number of benzene rings is 4. The number of hydrogen-bond donors (Lipinski definition) is 3. The van der Waals surface area contributed by atoms with Crippen molar-refractivity contribution in [2.45, 2.75) is 35.0 Å². The molecule has 0 radical (unpaired) electrons. The molecule has 0 amide bonds. The van der Waals surface area contributed by atoms with E-state index < -0.39 is 46.1 Å². The van der Waals surface area contributed by atoms with Gasteiger partial charge < -0.3 is 15.6 Å². The van der Waals surface area contributed by atoms with Gasteiger partial charge in [0.1, 0.15) is 27.7 Å². The molecule has 4 aromatic rings. The van der Waals surface area contributed by atoms with Crippen LogP contribution in [0.2, 0.25) is 0 Å². The van der Waals surface area contributed by atoms with Gasteiger partial charge in [0, 0.05) is 0 Å². The number of fused-ring (bicyclic) bond motifs is 1. The van der Waals surface area contributed by atoms with Crippen LogP contribution in [0.5, 0.6) is 11.5 Å². The largest absolute Gasteiger partial charge is 0.505 e. The van der Waals surface area contributed by atoms with E-state index in [9.17, 15) is 34.9 Å². The number of sulfone groups is 2. The second-order valence-electron chi connectivity index (χ2n) is 9.60. The van der Waals surface area contributed by atoms with E-state index in [0.29, 0.717) is 6.42 Å². The highest BCUT2D eigenvalue weighted by Gasteiger charge is 2.24. The average molecular weight is 676 g/mol. The number of anilines is 1. The normalized spacial score (nSPS) is 12.8. The zero-order valence-corrected chi connectivity index (χ0v) is 26.7. The molecule has 4 rings (SSSR count). The Bertz CT molecular complexity index is 2180. The first kappa shape index (κ1) is 33.4. The van der Waals surface area contributed by atoms with Crippen LogP contribution < -0.4 is 10.5 Å². The Morgan fingerprint density at radius 1 is 0.800 bits per heavy atom. The zero-order valence-electron chi connectivity index (χ0n) is 24.2. The molecule has 45 heavy (non-hydrogen) atoms. The minimum Gasteiger partial charge on any atom is -0.505 e. The van der Waals surface area contributed by atoms with Crippen molar-refractivity contribution in [3.05, 3.63) is 60.7 Å². The molecule has 238 valence electrons. The third kappa shape index (κ3) is 7.11. The SMILES string of the molecule is CCCS(=O)(=O)c1cccc(N=Nc2c(S(=O)(=O)O)cc3ccc(N=Nc4cc(S(=O)(=O)CC)ccc4OC)c(N)c3c2O)c1. The van der Waals surface area contributed by atoms with Gasteiger partial charge in [-0.15, -0.1) is 15.3 Å². The van der Waals surface area contributed by atoms with Crippen LogP contribution in [0.4, 0.5) is 28.4 Å². The van der Waals surface area contributed by atoms with Crippen molar-refractivity contribution in [1.82, 2.24) is 0 Å². The van der Waals surface area contributed by atoms with Crippen molar-refractivity contribution in [3.63, 3.8) is 0 Å². The van der Waals surface area contributed by atoms with Crippen LogP contribution in [0.25, 0.3) is 10.8 Å². The summed E-state index contributed by atoms with van der Waals surface area (Å²) in [7, 11) is -10.7. The molecule has 0 fully saturated rings. The third-order valence-electron chi connectivity index (χ3n) is 6.58. The summed E-state index contributed by atoms with van der Waals surface area (Å²) in [5.41, 5.74) is 5.62. The second-order valence-corrected chi connectivity index (χ2v) is 15.4. The van der Waals surface area contributed by atoms with E-state index in [1.54, 1.807) is 6.92 Å². The first-order valence-electron chi connectivity index (χ1n) is 13.3. The van der Waals surface area contributed by atoms with E-state index in [2.05, 4.69) is 20.5 Å². The fourth-order valence-corrected chi connectivity index (χ4v) is 7.20. The lowest BCUT2D eigenvalue weighted by Crippen LogP contribution is -2.05. The minimum atomic E-state index is -4.94. The second kappa shape index (κ2) is 12.9. The topological polar surface area (TPSA) is 228 Å². The van der Waals surface area contributed by atoms with Crippen molar-refractivity contribution >= 4 is 69.0 Å². The van der Waals surface area contributed by atoms with Gasteiger partial charge in [0.15, 0.2) is 25.4 Å². The standard InChI is InChI=1S/C28H29N5O9S3/c1-4-13-44(37,38)19-8-6-7-18(15-19)30-33-27-24(45(39,40)41)14-17-9-11-21(26(29)25(17)28(27)34)31-32-22-16-20(43(35,36)5-2)10-12-23(22)42-3/h6-12,14-16,34H,4-5,13,29H2,1-3H3,(H,39,40,41). The predicted octanol–water partition coefficient (Wildman–Crippen LogP) is 6.19. The van der Waals surface area contributed by atoms with E-state index in [0.717, 1.165) is 6.07 Å². The summed E-state index contributed by atoms with van der Waals surface area (Å²) in [4.78, 5) is -0.796. The fourth-order valence-electron chi connectivity index (χ4n) is 4.28. The summed E-state index contributed by atoms with van der Waals surface area (Å²) >= 11 is 0. The maximum atomic E-state index is 12.5. The number of rotatable bonds is 11. The molecular weight excluding hydrogens is 647 g/mol. The van der Waals surface area contributed by atoms with Crippen LogP contribution >= 0.6 is 0 Å². The van der Waals surface area contributed by atoms with E-state index >= 15 is 0 Å². The number of nitrogens with two attached hydrogens (primary N) is 1. The number of nitrogen functional groups attached to an aromatic ring is 1. The number of phenolic OH excluding ortho intramolecular Hbond substituents is 1. The molecule has 4 N–H and O–H groups in total. The molecule has 0 bridgehead atoms. The summed E-state index contributed by atoms with van der Waals surface area (Å²) < 4.78 is 89.4. The molecule has 0 aromatic heterocycles. The summed E-state index contributed by atoms with van der Waals surface area (Å²) in [5.74, 6) is -0.771. The van der Waals surface area contributed by atoms with Crippen molar-refractivity contribution in [2.24, 2.45) is 20.5 Å². The van der Waals surface area contributed by atoms with Crippen molar-refractivity contribution in [3.8, 4) is 11.5 Å². The summed E-state index contributed by atoms with van der Waals surface area (Å²) in [6.45, 7) is 3.22. The van der Waals surface area contributed by atoms with Gasteiger partial charge in [-0.25, -0.2) is 16.8 Å². The average Bonchev–Trinajstić information content (AvgIpc) is 2.99. The van der Waals surface area contributed by atoms with Crippen LogP contribution in [0.1, 0.15) is 20.3 Å². The first-order chi connectivity index (χ1) is 21.1. The molecule has 0 aliphatic rings. The number of hydrogen-bond acceptors (Lipinski definition) is 13. The van der Waals surface area contributed by atoms with Gasteiger partial charge in [0.2, 0.25) is 0 Å². The van der Waals surface area contributed by atoms with Crippen molar-refractivity contribution in [1.29, 1.82) is 0 Å². The molecule has 4 aromatic carbocycles. The number of azo groups is 2. The lowest BCUT2D eigenvalue weighted by Gasteiger charge is -2.12. The number of nitrogens with zero attached hydrogens (tertiary/aromatic N) is 4. The lowest BCUT2D eigenvalue weighted by molar-refractivity contribution is 0.415. The zero-order chi connectivity index (χ0) is 33.2. The predicted molar refractivity (Wildman–Crippen MR) is 168 cm³/mol. The third-order valence-corrected chi connectivity index (χ3v) is 11.1. The molecule has 0 spiro atoms. The lowest BCUT2D eigenvalue weighted by atomic mass is 10.1. The molecule has 0 saturated carbocycles. The number of phenols is 1. The Labute approximate surface area is 259 Å². The molecule has 0 unspecified atom stereocenters. The van der Waals surface area contributed by atoms with Gasteiger partial charge in [-0.3, -0.25) is 4.55 Å². The van der Waals surface area contributed by atoms with E-state index in [1.165, 1.54) is 68.6 Å². The van der Waals surface area contributed by atoms with Gasteiger partial charge in [-0.1, -0.05) is 26.0 Å². The van der Waals surface area contributed by atoms with E-state index in [-0.39, 0.29) is 60.6 Å². The highest BCUT2D eigenvalue weighted by molar-refractivity contribution is 7.91. The molecular formula is C28H29N5O9S3. The monoisotopic (exact) mass is 675 g/mol. The van der Waals surface area contributed by atoms with E-state index in [4.69, 9.17) is 10.5 Å². The summed E-state index contributed by atoms with van der Waals surface area (Å²) in [5, 5.41) is 27.1.